The van der Waals surface area contributed by atoms with E-state index in [4.69, 9.17) is 0 Å². The van der Waals surface area contributed by atoms with Crippen LogP contribution in [0.4, 0.5) is 0 Å². The summed E-state index contributed by atoms with van der Waals surface area (Å²) in [7, 11) is 0. The molecule has 0 aromatic rings. The molecule has 0 aromatic heterocycles. The summed E-state index contributed by atoms with van der Waals surface area (Å²) < 4.78 is 0. The molecule has 0 radical (unpaired) electrons. The Morgan fingerprint density at radius 2 is 2.07 bits per heavy atom. The molecule has 2 atom stereocenters. The van der Waals surface area contributed by atoms with Crippen molar-refractivity contribution in [2.45, 2.75) is 59.8 Å². The smallest absolute Gasteiger partial charge is 0.0141 e. The molecule has 2 aliphatic carbocycles. The number of allylic oxidation sites excluding steroid dienone is 4. The summed E-state index contributed by atoms with van der Waals surface area (Å²) in [4.78, 5) is 0. The lowest BCUT2D eigenvalue weighted by molar-refractivity contribution is 0.246. The fourth-order valence-corrected chi connectivity index (χ4v) is 3.44. The predicted molar refractivity (Wildman–Crippen MR) is 66.8 cm³/mol. The SMILES string of the molecule is CC1=CC[C@@]2(C)CCC(=C(C)C)[C@@H]2CC1. The van der Waals surface area contributed by atoms with Crippen LogP contribution >= 0.6 is 0 Å². The Morgan fingerprint density at radius 1 is 1.33 bits per heavy atom. The molecule has 15 heavy (non-hydrogen) atoms. The highest BCUT2D eigenvalue weighted by molar-refractivity contribution is 5.24. The van der Waals surface area contributed by atoms with E-state index in [1.807, 2.05) is 0 Å². The molecule has 2 aliphatic rings. The average Bonchev–Trinajstić information content (AvgIpc) is 2.43. The van der Waals surface area contributed by atoms with Crippen LogP contribution in [0.1, 0.15) is 59.8 Å². The molecule has 0 heteroatoms. The molecule has 1 fully saturated rings. The average molecular weight is 204 g/mol. The molecule has 0 heterocycles. The van der Waals surface area contributed by atoms with E-state index < -0.39 is 0 Å². The van der Waals surface area contributed by atoms with Gasteiger partial charge in [-0.3, -0.25) is 0 Å². The van der Waals surface area contributed by atoms with E-state index in [9.17, 15) is 0 Å². The van der Waals surface area contributed by atoms with Gasteiger partial charge in [0.1, 0.15) is 0 Å². The summed E-state index contributed by atoms with van der Waals surface area (Å²) in [6.45, 7) is 9.40. The van der Waals surface area contributed by atoms with Crippen molar-refractivity contribution in [1.82, 2.24) is 0 Å². The third-order valence-corrected chi connectivity index (χ3v) is 4.61. The molecular weight excluding hydrogens is 180 g/mol. The first-order valence-corrected chi connectivity index (χ1v) is 6.35. The van der Waals surface area contributed by atoms with E-state index in [0.29, 0.717) is 5.41 Å². The molecule has 0 spiro atoms. The van der Waals surface area contributed by atoms with Gasteiger partial charge in [-0.25, -0.2) is 0 Å². The predicted octanol–water partition coefficient (Wildman–Crippen LogP) is 4.87. The fourth-order valence-electron chi connectivity index (χ4n) is 3.44. The highest BCUT2D eigenvalue weighted by Gasteiger charge is 2.41. The van der Waals surface area contributed by atoms with Gasteiger partial charge in [0.25, 0.3) is 0 Å². The van der Waals surface area contributed by atoms with Gasteiger partial charge in [-0.2, -0.15) is 0 Å². The van der Waals surface area contributed by atoms with Crippen molar-refractivity contribution in [1.29, 1.82) is 0 Å². The van der Waals surface area contributed by atoms with Crippen LogP contribution < -0.4 is 0 Å². The van der Waals surface area contributed by atoms with Crippen molar-refractivity contribution < 1.29 is 0 Å². The van der Waals surface area contributed by atoms with Crippen molar-refractivity contribution >= 4 is 0 Å². The van der Waals surface area contributed by atoms with Gasteiger partial charge in [-0.05, 0) is 64.2 Å². The van der Waals surface area contributed by atoms with Gasteiger partial charge < -0.3 is 0 Å². The summed E-state index contributed by atoms with van der Waals surface area (Å²) in [6.07, 6.45) is 9.27. The van der Waals surface area contributed by atoms with Gasteiger partial charge >= 0.3 is 0 Å². The van der Waals surface area contributed by atoms with Crippen LogP contribution in [0, 0.1) is 11.3 Å². The minimum atomic E-state index is 0.574. The van der Waals surface area contributed by atoms with E-state index in [1.165, 1.54) is 32.1 Å². The van der Waals surface area contributed by atoms with Crippen molar-refractivity contribution in [3.8, 4) is 0 Å². The lowest BCUT2D eigenvalue weighted by Crippen LogP contribution is -2.21. The van der Waals surface area contributed by atoms with Crippen LogP contribution in [0.2, 0.25) is 0 Å². The molecule has 84 valence electrons. The summed E-state index contributed by atoms with van der Waals surface area (Å²) in [6, 6.07) is 0. The first-order valence-electron chi connectivity index (χ1n) is 6.35. The van der Waals surface area contributed by atoms with Crippen LogP contribution in [0.25, 0.3) is 0 Å². The van der Waals surface area contributed by atoms with Crippen molar-refractivity contribution in [3.63, 3.8) is 0 Å². The normalized spacial score (nSPS) is 35.9. The fraction of sp³-hybridized carbons (Fsp3) is 0.733. The first kappa shape index (κ1) is 11.0. The van der Waals surface area contributed by atoms with Gasteiger partial charge in [0.15, 0.2) is 0 Å². The Morgan fingerprint density at radius 3 is 2.73 bits per heavy atom. The molecule has 2 rings (SSSR count). The second-order valence-corrected chi connectivity index (χ2v) is 6.03. The molecule has 0 unspecified atom stereocenters. The lowest BCUT2D eigenvalue weighted by Gasteiger charge is -2.30. The summed E-state index contributed by atoms with van der Waals surface area (Å²) in [5, 5.41) is 0. The maximum absolute atomic E-state index is 2.50. The van der Waals surface area contributed by atoms with Gasteiger partial charge in [0, 0.05) is 0 Å². The highest BCUT2D eigenvalue weighted by Crippen LogP contribution is 2.53. The van der Waals surface area contributed by atoms with E-state index >= 15 is 0 Å². The van der Waals surface area contributed by atoms with Crippen LogP contribution in [0.5, 0.6) is 0 Å². The van der Waals surface area contributed by atoms with Crippen molar-refractivity contribution in [2.75, 3.05) is 0 Å². The first-order chi connectivity index (χ1) is 7.03. The van der Waals surface area contributed by atoms with Gasteiger partial charge in [0.2, 0.25) is 0 Å². The third kappa shape index (κ3) is 1.91. The van der Waals surface area contributed by atoms with E-state index in [-0.39, 0.29) is 0 Å². The number of hydrogen-bond acceptors (Lipinski definition) is 0. The number of rotatable bonds is 0. The molecule has 0 bridgehead atoms. The van der Waals surface area contributed by atoms with Crippen LogP contribution in [-0.2, 0) is 0 Å². The third-order valence-electron chi connectivity index (χ3n) is 4.61. The second-order valence-electron chi connectivity index (χ2n) is 6.03. The zero-order chi connectivity index (χ0) is 11.1. The number of hydrogen-bond donors (Lipinski definition) is 0. The highest BCUT2D eigenvalue weighted by atomic mass is 14.5. The van der Waals surface area contributed by atoms with Crippen molar-refractivity contribution in [2.24, 2.45) is 11.3 Å². The molecule has 0 N–H and O–H groups in total. The zero-order valence-corrected chi connectivity index (χ0v) is 10.7. The van der Waals surface area contributed by atoms with Gasteiger partial charge in [-0.1, -0.05) is 29.7 Å². The van der Waals surface area contributed by atoms with Crippen LogP contribution in [0.3, 0.4) is 0 Å². The minimum Gasteiger partial charge on any atom is -0.0850 e. The summed E-state index contributed by atoms with van der Waals surface area (Å²) in [5.41, 5.74) is 5.55. The molecule has 1 saturated carbocycles. The summed E-state index contributed by atoms with van der Waals surface area (Å²) in [5.74, 6) is 0.871. The lowest BCUT2D eigenvalue weighted by atomic mass is 9.74. The molecular formula is C15H24. The Balaban J connectivity index is 2.30. The topological polar surface area (TPSA) is 0 Å². The number of fused-ring (bicyclic) bond motifs is 1. The molecule has 0 saturated heterocycles. The minimum absolute atomic E-state index is 0.574. The second kappa shape index (κ2) is 3.81. The zero-order valence-electron chi connectivity index (χ0n) is 10.7. The van der Waals surface area contributed by atoms with Gasteiger partial charge in [0.05, 0.1) is 0 Å². The quantitative estimate of drug-likeness (QED) is 0.494. The van der Waals surface area contributed by atoms with Crippen LogP contribution in [-0.4, -0.2) is 0 Å². The van der Waals surface area contributed by atoms with E-state index in [0.717, 1.165) is 5.92 Å². The largest absolute Gasteiger partial charge is 0.0850 e. The summed E-state index contributed by atoms with van der Waals surface area (Å²) >= 11 is 0. The van der Waals surface area contributed by atoms with Crippen molar-refractivity contribution in [3.05, 3.63) is 22.8 Å². The monoisotopic (exact) mass is 204 g/mol. The molecule has 0 aliphatic heterocycles. The van der Waals surface area contributed by atoms with Gasteiger partial charge in [-0.15, -0.1) is 0 Å². The Bertz CT molecular complexity index is 315. The maximum atomic E-state index is 2.50. The molecule has 0 aromatic carbocycles. The molecule has 0 nitrogen and oxygen atoms in total. The Labute approximate surface area is 94.5 Å². The maximum Gasteiger partial charge on any atom is -0.0141 e. The standard InChI is InChI=1S/C15H24/c1-11(2)13-8-10-15(4)9-7-12(3)5-6-14(13)15/h7,14H,5-6,8-10H2,1-4H3/t14-,15-/m0/s1. The van der Waals surface area contributed by atoms with E-state index in [2.05, 4.69) is 33.8 Å². The Kier molecular flexibility index (Phi) is 2.79. The molecule has 0 amide bonds. The van der Waals surface area contributed by atoms with E-state index in [1.54, 1.807) is 16.7 Å². The van der Waals surface area contributed by atoms with Crippen LogP contribution in [0.15, 0.2) is 22.8 Å². The Hall–Kier alpha value is -0.520.